The minimum Gasteiger partial charge on any atom is -0.321 e. The second kappa shape index (κ2) is 8.68. The summed E-state index contributed by atoms with van der Waals surface area (Å²) in [7, 11) is 0. The first-order valence-corrected chi connectivity index (χ1v) is 11.0. The highest BCUT2D eigenvalue weighted by Gasteiger charge is 2.17. The number of aryl methyl sites for hydroxylation is 2. The summed E-state index contributed by atoms with van der Waals surface area (Å²) in [5, 5.41) is 19.2. The van der Waals surface area contributed by atoms with Crippen LogP contribution in [0.1, 0.15) is 27.3 Å². The highest BCUT2D eigenvalue weighted by molar-refractivity contribution is 6.04. The van der Waals surface area contributed by atoms with Crippen LogP contribution in [0.5, 0.6) is 0 Å². The summed E-state index contributed by atoms with van der Waals surface area (Å²) in [6.45, 7) is 3.91. The second-order valence-corrected chi connectivity index (χ2v) is 8.26. The number of aromatic nitrogens is 2. The van der Waals surface area contributed by atoms with Gasteiger partial charge < -0.3 is 5.32 Å². The number of fused-ring (bicyclic) bond motifs is 1. The molecule has 0 bridgehead atoms. The molecule has 0 saturated heterocycles. The fraction of sp³-hybridized carbons (Fsp3) is 0.0690. The van der Waals surface area contributed by atoms with E-state index in [0.29, 0.717) is 16.9 Å². The number of benzene rings is 4. The normalized spacial score (nSPS) is 10.7. The van der Waals surface area contributed by atoms with E-state index in [1.54, 1.807) is 16.8 Å². The zero-order chi connectivity index (χ0) is 23.7. The molecule has 0 spiro atoms. The van der Waals surface area contributed by atoms with E-state index in [2.05, 4.69) is 40.8 Å². The van der Waals surface area contributed by atoms with Gasteiger partial charge >= 0.3 is 0 Å². The van der Waals surface area contributed by atoms with Crippen LogP contribution < -0.4 is 5.32 Å². The summed E-state index contributed by atoms with van der Waals surface area (Å²) in [4.78, 5) is 13.2. The molecule has 0 saturated carbocycles. The van der Waals surface area contributed by atoms with Crippen LogP contribution in [0.2, 0.25) is 0 Å². The third-order valence-electron chi connectivity index (χ3n) is 5.86. The summed E-state index contributed by atoms with van der Waals surface area (Å²) in [6, 6.07) is 31.3. The quantitative estimate of drug-likeness (QED) is 0.348. The monoisotopic (exact) mass is 442 g/mol. The van der Waals surface area contributed by atoms with Crippen molar-refractivity contribution >= 4 is 22.4 Å². The van der Waals surface area contributed by atoms with E-state index < -0.39 is 0 Å². The van der Waals surface area contributed by atoms with Gasteiger partial charge in [0.1, 0.15) is 5.69 Å². The number of nitriles is 1. The number of rotatable bonds is 4. The van der Waals surface area contributed by atoms with E-state index in [9.17, 15) is 10.1 Å². The Labute approximate surface area is 197 Å². The maximum Gasteiger partial charge on any atom is 0.274 e. The topological polar surface area (TPSA) is 70.7 Å². The predicted octanol–water partition coefficient (Wildman–Crippen LogP) is 6.43. The first-order chi connectivity index (χ1) is 16.5. The third-order valence-corrected chi connectivity index (χ3v) is 5.86. The molecule has 0 aliphatic heterocycles. The van der Waals surface area contributed by atoms with Gasteiger partial charge in [-0.3, -0.25) is 4.79 Å². The SMILES string of the molecule is Cc1cc(C(=O)Nc2ccc(-c3ccccc3C#N)cc2)n(-c2cc3ccccc3cc2C)n1. The van der Waals surface area contributed by atoms with Gasteiger partial charge in [-0.2, -0.15) is 10.4 Å². The van der Waals surface area contributed by atoms with Crippen LogP contribution in [0.15, 0.2) is 91.0 Å². The molecule has 0 unspecified atom stereocenters. The van der Waals surface area contributed by atoms with Gasteiger partial charge in [-0.25, -0.2) is 4.68 Å². The van der Waals surface area contributed by atoms with Crippen LogP contribution in [0.25, 0.3) is 27.6 Å². The maximum atomic E-state index is 13.2. The van der Waals surface area contributed by atoms with Gasteiger partial charge in [-0.05, 0) is 77.7 Å². The molecule has 0 atom stereocenters. The average molecular weight is 443 g/mol. The van der Waals surface area contributed by atoms with Gasteiger partial charge in [0.2, 0.25) is 0 Å². The number of hydrogen-bond donors (Lipinski definition) is 1. The predicted molar refractivity (Wildman–Crippen MR) is 135 cm³/mol. The summed E-state index contributed by atoms with van der Waals surface area (Å²) in [5.74, 6) is -0.238. The number of amides is 1. The van der Waals surface area contributed by atoms with Gasteiger partial charge in [0, 0.05) is 5.69 Å². The number of carbonyl (C=O) groups excluding carboxylic acids is 1. The number of anilines is 1. The molecular weight excluding hydrogens is 420 g/mol. The average Bonchev–Trinajstić information content (AvgIpc) is 3.25. The van der Waals surface area contributed by atoms with E-state index in [-0.39, 0.29) is 5.91 Å². The van der Waals surface area contributed by atoms with Crippen molar-refractivity contribution in [2.75, 3.05) is 5.32 Å². The first-order valence-electron chi connectivity index (χ1n) is 11.0. The number of nitrogens with one attached hydrogen (secondary N) is 1. The summed E-state index contributed by atoms with van der Waals surface area (Å²) in [5.41, 5.74) is 6.21. The molecule has 5 nitrogen and oxygen atoms in total. The smallest absolute Gasteiger partial charge is 0.274 e. The largest absolute Gasteiger partial charge is 0.321 e. The van der Waals surface area contributed by atoms with Gasteiger partial charge in [0.15, 0.2) is 0 Å². The number of nitrogens with zero attached hydrogens (tertiary/aromatic N) is 3. The lowest BCUT2D eigenvalue weighted by Crippen LogP contribution is -2.17. The van der Waals surface area contributed by atoms with Crippen LogP contribution >= 0.6 is 0 Å². The molecule has 4 aromatic carbocycles. The van der Waals surface area contributed by atoms with Crippen molar-refractivity contribution in [1.82, 2.24) is 9.78 Å². The fourth-order valence-corrected chi connectivity index (χ4v) is 4.18. The number of carbonyl (C=O) groups is 1. The van der Waals surface area contributed by atoms with Crippen molar-refractivity contribution in [1.29, 1.82) is 5.26 Å². The Morgan fingerprint density at radius 2 is 1.56 bits per heavy atom. The molecule has 1 amide bonds. The fourth-order valence-electron chi connectivity index (χ4n) is 4.18. The standard InChI is InChI=1S/C29H22N4O/c1-19-15-22-7-3-4-8-23(22)17-27(19)33-28(16-20(2)32-33)29(34)31-25-13-11-21(12-14-25)26-10-6-5-9-24(26)18-30/h3-17H,1-2H3,(H,31,34). The van der Waals surface area contributed by atoms with Gasteiger partial charge in [-0.1, -0.05) is 54.6 Å². The Balaban J connectivity index is 1.45. The summed E-state index contributed by atoms with van der Waals surface area (Å²) in [6.07, 6.45) is 0. The molecule has 1 heterocycles. The molecule has 1 N–H and O–H groups in total. The Bertz CT molecular complexity index is 1570. The van der Waals surface area contributed by atoms with Crippen molar-refractivity contribution < 1.29 is 4.79 Å². The minimum absolute atomic E-state index is 0.238. The first kappa shape index (κ1) is 21.2. The molecule has 5 rings (SSSR count). The number of hydrogen-bond acceptors (Lipinski definition) is 3. The van der Waals surface area contributed by atoms with Crippen molar-refractivity contribution in [3.05, 3.63) is 114 Å². The van der Waals surface area contributed by atoms with Crippen molar-refractivity contribution in [3.8, 4) is 22.9 Å². The van der Waals surface area contributed by atoms with Crippen molar-refractivity contribution in [2.24, 2.45) is 0 Å². The Kier molecular flexibility index (Phi) is 5.41. The summed E-state index contributed by atoms with van der Waals surface area (Å²) >= 11 is 0. The third kappa shape index (κ3) is 3.94. The summed E-state index contributed by atoms with van der Waals surface area (Å²) < 4.78 is 1.71. The van der Waals surface area contributed by atoms with Gasteiger partial charge in [0.25, 0.3) is 5.91 Å². The lowest BCUT2D eigenvalue weighted by molar-refractivity contribution is 0.101. The molecule has 5 aromatic rings. The zero-order valence-corrected chi connectivity index (χ0v) is 18.9. The Morgan fingerprint density at radius 1 is 0.882 bits per heavy atom. The highest BCUT2D eigenvalue weighted by atomic mass is 16.2. The van der Waals surface area contributed by atoms with Crippen LogP contribution in [0.3, 0.4) is 0 Å². The van der Waals surface area contributed by atoms with Gasteiger partial charge in [0.05, 0.1) is 23.0 Å². The molecule has 34 heavy (non-hydrogen) atoms. The van der Waals surface area contributed by atoms with Crippen molar-refractivity contribution in [2.45, 2.75) is 13.8 Å². The Hall–Kier alpha value is -4.69. The molecule has 0 aliphatic rings. The van der Waals surface area contributed by atoms with E-state index >= 15 is 0 Å². The maximum absolute atomic E-state index is 13.2. The van der Waals surface area contributed by atoms with E-state index in [0.717, 1.165) is 38.8 Å². The minimum atomic E-state index is -0.238. The van der Waals surface area contributed by atoms with E-state index in [1.807, 2.05) is 68.4 Å². The molecular formula is C29H22N4O. The highest BCUT2D eigenvalue weighted by Crippen LogP contribution is 2.26. The van der Waals surface area contributed by atoms with E-state index in [4.69, 9.17) is 0 Å². The zero-order valence-electron chi connectivity index (χ0n) is 18.9. The molecule has 1 aromatic heterocycles. The van der Waals surface area contributed by atoms with Crippen LogP contribution in [0, 0.1) is 25.2 Å². The molecule has 5 heteroatoms. The van der Waals surface area contributed by atoms with Crippen LogP contribution in [-0.4, -0.2) is 15.7 Å². The Morgan fingerprint density at radius 3 is 2.29 bits per heavy atom. The van der Waals surface area contributed by atoms with Crippen LogP contribution in [-0.2, 0) is 0 Å². The molecule has 0 aliphatic carbocycles. The molecule has 0 radical (unpaired) electrons. The lowest BCUT2D eigenvalue weighted by atomic mass is 10.0. The second-order valence-electron chi connectivity index (χ2n) is 8.26. The van der Waals surface area contributed by atoms with Crippen molar-refractivity contribution in [3.63, 3.8) is 0 Å². The van der Waals surface area contributed by atoms with E-state index in [1.165, 1.54) is 0 Å². The molecule has 0 fully saturated rings. The lowest BCUT2D eigenvalue weighted by Gasteiger charge is -2.12. The van der Waals surface area contributed by atoms with Gasteiger partial charge in [-0.15, -0.1) is 0 Å². The van der Waals surface area contributed by atoms with Crippen LogP contribution in [0.4, 0.5) is 5.69 Å². The molecule has 164 valence electrons.